The number of phenols is 1. The molecule has 0 atom stereocenters. The molecule has 0 amide bonds. The van der Waals surface area contributed by atoms with Gasteiger partial charge in [0.15, 0.2) is 0 Å². The van der Waals surface area contributed by atoms with Gasteiger partial charge >= 0.3 is 5.69 Å². The van der Waals surface area contributed by atoms with Gasteiger partial charge in [0.2, 0.25) is 5.75 Å². The number of nitrogens with zero attached hydrogens (tertiary/aromatic N) is 3. The van der Waals surface area contributed by atoms with E-state index in [0.29, 0.717) is 5.39 Å². The van der Waals surface area contributed by atoms with Crippen molar-refractivity contribution in [1.29, 1.82) is 0 Å². The van der Waals surface area contributed by atoms with E-state index in [1.54, 1.807) is 0 Å². The van der Waals surface area contributed by atoms with Crippen molar-refractivity contribution in [3.8, 4) is 5.75 Å². The van der Waals surface area contributed by atoms with Crippen LogP contribution in [0.15, 0.2) is 18.3 Å². The first kappa shape index (κ1) is 13.8. The Bertz CT molecular complexity index is 716. The van der Waals surface area contributed by atoms with Crippen LogP contribution in [-0.4, -0.2) is 41.2 Å². The third kappa shape index (κ3) is 2.34. The number of rotatable bonds is 2. The van der Waals surface area contributed by atoms with Crippen molar-refractivity contribution in [3.63, 3.8) is 0 Å². The maximum atomic E-state index is 10.9. The average molecular weight is 309 g/mol. The molecule has 110 valence electrons. The maximum Gasteiger partial charge on any atom is 0.314 e. The molecule has 1 saturated heterocycles. The molecule has 0 bridgehead atoms. The summed E-state index contributed by atoms with van der Waals surface area (Å²) in [5, 5.41) is 25.0. The number of piperazine rings is 1. The van der Waals surface area contributed by atoms with Gasteiger partial charge in [0.05, 0.1) is 9.95 Å². The highest BCUT2D eigenvalue weighted by molar-refractivity contribution is 6.37. The number of aromatic nitrogens is 1. The second kappa shape index (κ2) is 5.34. The van der Waals surface area contributed by atoms with E-state index in [2.05, 4.69) is 15.2 Å². The zero-order valence-electron chi connectivity index (χ0n) is 11.0. The number of halogens is 1. The van der Waals surface area contributed by atoms with Crippen molar-refractivity contribution in [3.05, 3.63) is 33.5 Å². The SMILES string of the molecule is O=[N+]([O-])c1cc(Cl)c2c(N3CCNCC3)ccnc2c1O. The Morgan fingerprint density at radius 1 is 1.43 bits per heavy atom. The van der Waals surface area contributed by atoms with E-state index in [9.17, 15) is 15.2 Å². The maximum absolute atomic E-state index is 10.9. The van der Waals surface area contributed by atoms with Gasteiger partial charge in [-0.15, -0.1) is 0 Å². The smallest absolute Gasteiger partial charge is 0.314 e. The van der Waals surface area contributed by atoms with Gasteiger partial charge in [-0.25, -0.2) is 0 Å². The number of nitro benzene ring substituents is 1. The number of hydrogen-bond acceptors (Lipinski definition) is 6. The molecule has 1 aliphatic heterocycles. The predicted octanol–water partition coefficient (Wildman–Crippen LogP) is 1.91. The van der Waals surface area contributed by atoms with Gasteiger partial charge in [0, 0.05) is 49.5 Å². The van der Waals surface area contributed by atoms with Crippen molar-refractivity contribution < 1.29 is 10.0 Å². The molecule has 1 aliphatic rings. The van der Waals surface area contributed by atoms with Gasteiger partial charge in [-0.05, 0) is 6.07 Å². The van der Waals surface area contributed by atoms with Gasteiger partial charge in [0.25, 0.3) is 0 Å². The fraction of sp³-hybridized carbons (Fsp3) is 0.308. The quantitative estimate of drug-likeness (QED) is 0.650. The zero-order valence-corrected chi connectivity index (χ0v) is 11.8. The standard InChI is InChI=1S/C13H13ClN4O3/c14-8-7-10(18(20)21)13(19)12-11(8)9(1-2-16-12)17-5-3-15-4-6-17/h1-2,7,15,19H,3-6H2. The second-order valence-electron chi connectivity index (χ2n) is 4.77. The third-order valence-corrected chi connectivity index (χ3v) is 3.85. The molecule has 1 aromatic carbocycles. The Morgan fingerprint density at radius 2 is 2.14 bits per heavy atom. The monoisotopic (exact) mass is 308 g/mol. The molecule has 3 rings (SSSR count). The highest BCUT2D eigenvalue weighted by Crippen LogP contribution is 2.41. The van der Waals surface area contributed by atoms with E-state index in [1.165, 1.54) is 12.3 Å². The first-order valence-electron chi connectivity index (χ1n) is 6.50. The normalized spacial score (nSPS) is 15.4. The lowest BCUT2D eigenvalue weighted by Crippen LogP contribution is -2.43. The Labute approximate surface area is 125 Å². The first-order chi connectivity index (χ1) is 10.1. The molecule has 8 heteroatoms. The summed E-state index contributed by atoms with van der Waals surface area (Å²) in [6.45, 7) is 3.29. The minimum absolute atomic E-state index is 0.158. The minimum atomic E-state index is -0.667. The summed E-state index contributed by atoms with van der Waals surface area (Å²) >= 11 is 6.20. The largest absolute Gasteiger partial charge is 0.501 e. The van der Waals surface area contributed by atoms with Gasteiger partial charge in [-0.1, -0.05) is 11.6 Å². The summed E-state index contributed by atoms with van der Waals surface area (Å²) < 4.78 is 0. The molecule has 0 unspecified atom stereocenters. The predicted molar refractivity (Wildman–Crippen MR) is 80.2 cm³/mol. The van der Waals surface area contributed by atoms with Crippen LogP contribution in [0.2, 0.25) is 5.02 Å². The van der Waals surface area contributed by atoms with E-state index in [0.717, 1.165) is 31.9 Å². The molecule has 0 aliphatic carbocycles. The van der Waals surface area contributed by atoms with Gasteiger partial charge in [-0.2, -0.15) is 0 Å². The van der Waals surface area contributed by atoms with E-state index in [1.807, 2.05) is 6.07 Å². The molecule has 2 heterocycles. The van der Waals surface area contributed by atoms with Gasteiger partial charge < -0.3 is 15.3 Å². The number of benzene rings is 1. The lowest BCUT2D eigenvalue weighted by Gasteiger charge is -2.30. The van der Waals surface area contributed by atoms with Crippen LogP contribution >= 0.6 is 11.6 Å². The highest BCUT2D eigenvalue weighted by atomic mass is 35.5. The number of anilines is 1. The minimum Gasteiger partial charge on any atom is -0.501 e. The molecule has 1 aromatic heterocycles. The Morgan fingerprint density at radius 3 is 2.81 bits per heavy atom. The lowest BCUT2D eigenvalue weighted by atomic mass is 10.1. The zero-order chi connectivity index (χ0) is 15.0. The molecule has 21 heavy (non-hydrogen) atoms. The number of phenolic OH excluding ortho intramolecular Hbond substituents is 1. The highest BCUT2D eigenvalue weighted by Gasteiger charge is 2.23. The summed E-state index contributed by atoms with van der Waals surface area (Å²) in [5.41, 5.74) is 0.555. The fourth-order valence-electron chi connectivity index (χ4n) is 2.56. The van der Waals surface area contributed by atoms with Crippen molar-refractivity contribution in [1.82, 2.24) is 10.3 Å². The first-order valence-corrected chi connectivity index (χ1v) is 6.87. The number of nitrogens with one attached hydrogen (secondary N) is 1. The number of nitro groups is 1. The van der Waals surface area contributed by atoms with Crippen LogP contribution in [0.5, 0.6) is 5.75 Å². The van der Waals surface area contributed by atoms with E-state index in [-0.39, 0.29) is 10.5 Å². The molecule has 0 saturated carbocycles. The fourth-order valence-corrected chi connectivity index (χ4v) is 2.85. The summed E-state index contributed by atoms with van der Waals surface area (Å²) in [6, 6.07) is 2.98. The number of aromatic hydroxyl groups is 1. The number of hydrogen-bond donors (Lipinski definition) is 2. The van der Waals surface area contributed by atoms with Crippen LogP contribution in [0.3, 0.4) is 0 Å². The van der Waals surface area contributed by atoms with Crippen molar-refractivity contribution in [2.24, 2.45) is 0 Å². The van der Waals surface area contributed by atoms with Crippen LogP contribution in [0.4, 0.5) is 11.4 Å². The molecule has 7 nitrogen and oxygen atoms in total. The van der Waals surface area contributed by atoms with E-state index in [4.69, 9.17) is 11.6 Å². The Balaban J connectivity index is 2.23. The second-order valence-corrected chi connectivity index (χ2v) is 5.18. The number of pyridine rings is 1. The van der Waals surface area contributed by atoms with Crippen LogP contribution in [0.25, 0.3) is 10.9 Å². The summed E-state index contributed by atoms with van der Waals surface area (Å²) in [7, 11) is 0. The Kier molecular flexibility index (Phi) is 3.52. The molecular weight excluding hydrogens is 296 g/mol. The molecule has 0 spiro atoms. The molecule has 1 fully saturated rings. The molecule has 0 radical (unpaired) electrons. The number of fused-ring (bicyclic) bond motifs is 1. The topological polar surface area (TPSA) is 91.5 Å². The van der Waals surface area contributed by atoms with Crippen molar-refractivity contribution in [2.75, 3.05) is 31.1 Å². The van der Waals surface area contributed by atoms with Crippen LogP contribution < -0.4 is 10.2 Å². The van der Waals surface area contributed by atoms with Crippen LogP contribution in [0.1, 0.15) is 0 Å². The summed E-state index contributed by atoms with van der Waals surface area (Å²) in [5.74, 6) is -0.448. The summed E-state index contributed by atoms with van der Waals surface area (Å²) in [4.78, 5) is 16.5. The van der Waals surface area contributed by atoms with E-state index < -0.39 is 16.4 Å². The van der Waals surface area contributed by atoms with Gasteiger partial charge in [0.1, 0.15) is 5.52 Å². The van der Waals surface area contributed by atoms with Gasteiger partial charge in [-0.3, -0.25) is 15.1 Å². The molecule has 2 aromatic rings. The third-order valence-electron chi connectivity index (χ3n) is 3.55. The molecule has 2 N–H and O–H groups in total. The lowest BCUT2D eigenvalue weighted by molar-refractivity contribution is -0.385. The van der Waals surface area contributed by atoms with Crippen molar-refractivity contribution >= 4 is 33.9 Å². The van der Waals surface area contributed by atoms with Crippen molar-refractivity contribution in [2.45, 2.75) is 0 Å². The van der Waals surface area contributed by atoms with Crippen LogP contribution in [-0.2, 0) is 0 Å². The molecular formula is C13H13ClN4O3. The summed E-state index contributed by atoms with van der Waals surface area (Å²) in [6.07, 6.45) is 1.53. The van der Waals surface area contributed by atoms with E-state index >= 15 is 0 Å². The van der Waals surface area contributed by atoms with Crippen LogP contribution in [0, 0.1) is 10.1 Å². The average Bonchev–Trinajstić information content (AvgIpc) is 2.51. The Hall–Kier alpha value is -2.12.